The van der Waals surface area contributed by atoms with E-state index in [4.69, 9.17) is 0 Å². The Labute approximate surface area is 173 Å². The van der Waals surface area contributed by atoms with Gasteiger partial charge in [-0.05, 0) is 117 Å². The zero-order chi connectivity index (χ0) is 20.4. The van der Waals surface area contributed by atoms with Crippen LogP contribution in [0.1, 0.15) is 77.5 Å². The largest absolute Gasteiger partial charge is 0.390 e. The van der Waals surface area contributed by atoms with Gasteiger partial charge in [-0.15, -0.1) is 5.10 Å². The Hall–Kier alpha value is -1.30. The van der Waals surface area contributed by atoms with Gasteiger partial charge in [-0.1, -0.05) is 6.92 Å². The number of carbonyl (C=O) groups is 1. The number of fused-ring (bicyclic) bond motifs is 5. The third-order valence-corrected chi connectivity index (χ3v) is 9.64. The molecule has 4 aliphatic rings. The second-order valence-electron chi connectivity index (χ2n) is 11.2. The van der Waals surface area contributed by atoms with Crippen molar-refractivity contribution in [3.05, 3.63) is 5.82 Å². The zero-order valence-electron chi connectivity index (χ0n) is 18.2. The number of carbonyl (C=O) groups excluding carboxylic acids is 1. The highest BCUT2D eigenvalue weighted by Crippen LogP contribution is 2.64. The number of aliphatic hydroxyl groups is 1. The molecule has 0 aliphatic heterocycles. The second-order valence-corrected chi connectivity index (χ2v) is 11.2. The van der Waals surface area contributed by atoms with Crippen LogP contribution in [-0.4, -0.2) is 36.7 Å². The minimum Gasteiger partial charge on any atom is -0.390 e. The number of aromatic nitrogens is 4. The third kappa shape index (κ3) is 3.17. The Morgan fingerprint density at radius 3 is 2.62 bits per heavy atom. The van der Waals surface area contributed by atoms with Crippen molar-refractivity contribution >= 4 is 5.78 Å². The van der Waals surface area contributed by atoms with E-state index < -0.39 is 5.60 Å². The molecule has 1 aromatic rings. The molecule has 1 aromatic heterocycles. The topological polar surface area (TPSA) is 80.9 Å². The maximum atomic E-state index is 13.2. The number of aryl methyl sites for hydroxylation is 1. The summed E-state index contributed by atoms with van der Waals surface area (Å²) >= 11 is 0. The number of Topliss-reactive ketones (excluding diaryl/α,β-unsaturated/α-hetero) is 1. The van der Waals surface area contributed by atoms with Crippen LogP contribution in [0.5, 0.6) is 0 Å². The van der Waals surface area contributed by atoms with Crippen LogP contribution in [0.3, 0.4) is 0 Å². The maximum Gasteiger partial charge on any atom is 0.158 e. The van der Waals surface area contributed by atoms with Gasteiger partial charge in [0.1, 0.15) is 12.4 Å². The first-order valence-corrected chi connectivity index (χ1v) is 11.8. The molecule has 0 bridgehead atoms. The van der Waals surface area contributed by atoms with Crippen molar-refractivity contribution < 1.29 is 9.90 Å². The standard InChI is InChI=1S/C23H36N4O2/c1-14-24-25-26-27(14)13-21(28)20-7-6-19-18-5-4-15-12-22(2,29)10-8-16(15)17(18)9-11-23(19,20)3/h15-20,29H,4-13H2,1-3H3/t15-,16+,17-,18-,19+,20-,22-,23+/m1/s1. The van der Waals surface area contributed by atoms with Crippen LogP contribution in [-0.2, 0) is 11.3 Å². The number of hydrogen-bond acceptors (Lipinski definition) is 5. The summed E-state index contributed by atoms with van der Waals surface area (Å²) < 4.78 is 1.66. The van der Waals surface area contributed by atoms with Gasteiger partial charge in [0, 0.05) is 5.92 Å². The van der Waals surface area contributed by atoms with Crippen molar-refractivity contribution in [2.75, 3.05) is 0 Å². The van der Waals surface area contributed by atoms with E-state index >= 15 is 0 Å². The van der Waals surface area contributed by atoms with Gasteiger partial charge in [0.2, 0.25) is 0 Å². The van der Waals surface area contributed by atoms with Crippen LogP contribution >= 0.6 is 0 Å². The van der Waals surface area contributed by atoms with E-state index in [2.05, 4.69) is 22.4 Å². The molecule has 8 atom stereocenters. The number of ketones is 1. The van der Waals surface area contributed by atoms with E-state index in [9.17, 15) is 9.90 Å². The Balaban J connectivity index is 1.32. The lowest BCUT2D eigenvalue weighted by Gasteiger charge is -2.56. The number of tetrazole rings is 1. The van der Waals surface area contributed by atoms with Gasteiger partial charge >= 0.3 is 0 Å². The molecule has 0 amide bonds. The van der Waals surface area contributed by atoms with Crippen LogP contribution in [0.2, 0.25) is 0 Å². The van der Waals surface area contributed by atoms with E-state index in [1.165, 1.54) is 38.5 Å². The molecule has 160 valence electrons. The van der Waals surface area contributed by atoms with Crippen molar-refractivity contribution in [1.29, 1.82) is 0 Å². The van der Waals surface area contributed by atoms with Gasteiger partial charge in [-0.3, -0.25) is 4.79 Å². The van der Waals surface area contributed by atoms with Crippen molar-refractivity contribution in [2.24, 2.45) is 40.9 Å². The van der Waals surface area contributed by atoms with Gasteiger partial charge in [0.15, 0.2) is 5.78 Å². The van der Waals surface area contributed by atoms with Crippen LogP contribution in [0.15, 0.2) is 0 Å². The van der Waals surface area contributed by atoms with Crippen molar-refractivity contribution in [3.8, 4) is 0 Å². The number of rotatable bonds is 3. The maximum absolute atomic E-state index is 13.2. The first-order valence-electron chi connectivity index (χ1n) is 11.8. The predicted octanol–water partition coefficient (Wildman–Crippen LogP) is 3.57. The third-order valence-electron chi connectivity index (χ3n) is 9.64. The monoisotopic (exact) mass is 400 g/mol. The van der Waals surface area contributed by atoms with E-state index in [0.29, 0.717) is 30.0 Å². The summed E-state index contributed by atoms with van der Waals surface area (Å²) in [6.45, 7) is 6.62. The van der Waals surface area contributed by atoms with Crippen LogP contribution in [0.4, 0.5) is 0 Å². The molecule has 6 heteroatoms. The fourth-order valence-electron chi connectivity index (χ4n) is 8.26. The fraction of sp³-hybridized carbons (Fsp3) is 0.913. The summed E-state index contributed by atoms with van der Waals surface area (Å²) in [5.74, 6) is 5.00. The summed E-state index contributed by atoms with van der Waals surface area (Å²) in [4.78, 5) is 13.2. The molecule has 0 aromatic carbocycles. The minimum absolute atomic E-state index is 0.146. The van der Waals surface area contributed by atoms with Crippen molar-refractivity contribution in [2.45, 2.75) is 90.7 Å². The highest BCUT2D eigenvalue weighted by Gasteiger charge is 2.58. The number of hydrogen-bond donors (Lipinski definition) is 1. The molecule has 0 spiro atoms. The predicted molar refractivity (Wildman–Crippen MR) is 109 cm³/mol. The summed E-state index contributed by atoms with van der Waals surface area (Å²) in [7, 11) is 0. The highest BCUT2D eigenvalue weighted by molar-refractivity contribution is 5.82. The average Bonchev–Trinajstić information content (AvgIpc) is 3.23. The summed E-state index contributed by atoms with van der Waals surface area (Å²) in [6, 6.07) is 0. The van der Waals surface area contributed by atoms with E-state index in [1.807, 2.05) is 13.8 Å². The Bertz CT molecular complexity index is 790. The molecule has 6 nitrogen and oxygen atoms in total. The molecule has 4 aliphatic carbocycles. The van der Waals surface area contributed by atoms with Crippen LogP contribution < -0.4 is 0 Å². The average molecular weight is 401 g/mol. The lowest BCUT2D eigenvalue weighted by Crippen LogP contribution is -2.51. The lowest BCUT2D eigenvalue weighted by atomic mass is 9.49. The summed E-state index contributed by atoms with van der Waals surface area (Å²) in [6.07, 6.45) is 10.4. The van der Waals surface area contributed by atoms with Gasteiger partial charge in [-0.25, -0.2) is 4.68 Å². The lowest BCUT2D eigenvalue weighted by molar-refractivity contribution is -0.133. The second kappa shape index (κ2) is 6.86. The summed E-state index contributed by atoms with van der Waals surface area (Å²) in [5, 5.41) is 22.2. The SMILES string of the molecule is Cc1nnnn1CC(=O)[C@H]1CC[C@H]2[C@@H]3CC[C@@H]4C[C@](C)(O)CC[C@@H]4[C@H]3CC[C@]12C. The molecule has 0 unspecified atom stereocenters. The minimum atomic E-state index is -0.448. The normalized spacial score (nSPS) is 46.6. The Morgan fingerprint density at radius 1 is 1.07 bits per heavy atom. The quantitative estimate of drug-likeness (QED) is 0.839. The van der Waals surface area contributed by atoms with E-state index in [1.54, 1.807) is 4.68 Å². The molecule has 0 saturated heterocycles. The van der Waals surface area contributed by atoms with Crippen molar-refractivity contribution in [3.63, 3.8) is 0 Å². The van der Waals surface area contributed by atoms with Gasteiger partial charge in [0.25, 0.3) is 0 Å². The molecule has 29 heavy (non-hydrogen) atoms. The first kappa shape index (κ1) is 19.7. The van der Waals surface area contributed by atoms with Gasteiger partial charge < -0.3 is 5.11 Å². The highest BCUT2D eigenvalue weighted by atomic mass is 16.3. The van der Waals surface area contributed by atoms with E-state index in [0.717, 1.165) is 37.0 Å². The molecule has 1 heterocycles. The van der Waals surface area contributed by atoms with Crippen LogP contribution in [0.25, 0.3) is 0 Å². The van der Waals surface area contributed by atoms with Crippen LogP contribution in [0, 0.1) is 47.8 Å². The molecule has 5 rings (SSSR count). The Morgan fingerprint density at radius 2 is 1.86 bits per heavy atom. The first-order chi connectivity index (χ1) is 13.8. The molecule has 1 N–H and O–H groups in total. The molecular formula is C23H36N4O2. The molecule has 0 radical (unpaired) electrons. The molecule has 4 fully saturated rings. The van der Waals surface area contributed by atoms with Gasteiger partial charge in [-0.2, -0.15) is 0 Å². The number of nitrogens with zero attached hydrogens (tertiary/aromatic N) is 4. The summed E-state index contributed by atoms with van der Waals surface area (Å²) in [5.41, 5.74) is -0.302. The van der Waals surface area contributed by atoms with E-state index in [-0.39, 0.29) is 11.3 Å². The Kier molecular flexibility index (Phi) is 4.65. The smallest absolute Gasteiger partial charge is 0.158 e. The van der Waals surface area contributed by atoms with Gasteiger partial charge in [0.05, 0.1) is 5.60 Å². The molecule has 4 saturated carbocycles. The van der Waals surface area contributed by atoms with Crippen molar-refractivity contribution in [1.82, 2.24) is 20.2 Å². The zero-order valence-corrected chi connectivity index (χ0v) is 18.2. The molecular weight excluding hydrogens is 364 g/mol. The fourth-order valence-corrected chi connectivity index (χ4v) is 8.26.